The number of hydrogen-bond acceptors (Lipinski definition) is 2. The van der Waals surface area contributed by atoms with E-state index in [4.69, 9.17) is 11.6 Å². The number of hydrogen-bond donors (Lipinski definition) is 2. The second-order valence-corrected chi connectivity index (χ2v) is 5.79. The first kappa shape index (κ1) is 14.2. The highest BCUT2D eigenvalue weighted by atomic mass is 35.5. The van der Waals surface area contributed by atoms with Crippen molar-refractivity contribution in [3.63, 3.8) is 0 Å². The number of halogens is 1. The van der Waals surface area contributed by atoms with Crippen molar-refractivity contribution < 1.29 is 9.90 Å². The first-order valence-electron chi connectivity index (χ1n) is 6.82. The number of aromatic carboxylic acids is 1. The lowest BCUT2D eigenvalue weighted by molar-refractivity contribution is 0.0698. The molecule has 1 fully saturated rings. The maximum absolute atomic E-state index is 11.2. The van der Waals surface area contributed by atoms with Gasteiger partial charge in [-0.25, -0.2) is 4.79 Å². The quantitative estimate of drug-likeness (QED) is 0.866. The fourth-order valence-corrected chi connectivity index (χ4v) is 3.22. The summed E-state index contributed by atoms with van der Waals surface area (Å²) < 4.78 is 0. The molecule has 2 rings (SSSR count). The number of carboxylic acids is 1. The minimum atomic E-state index is -0.920. The molecule has 1 aromatic rings. The summed E-state index contributed by atoms with van der Waals surface area (Å²) >= 11 is 5.97. The third kappa shape index (κ3) is 3.03. The molecule has 104 valence electrons. The van der Waals surface area contributed by atoms with Crippen molar-refractivity contribution in [2.75, 3.05) is 5.32 Å². The number of nitrogens with one attached hydrogen (secondary N) is 1. The molecule has 0 saturated heterocycles. The Balaban J connectivity index is 2.19. The molecule has 2 N–H and O–H groups in total. The van der Waals surface area contributed by atoms with Gasteiger partial charge in [0.25, 0.3) is 0 Å². The van der Waals surface area contributed by atoms with Crippen LogP contribution in [0.3, 0.4) is 0 Å². The minimum absolute atomic E-state index is 0.288. The van der Waals surface area contributed by atoms with Crippen LogP contribution in [0.15, 0.2) is 18.2 Å². The normalized spacial score (nSPS) is 26.4. The first-order chi connectivity index (χ1) is 9.02. The van der Waals surface area contributed by atoms with E-state index in [1.165, 1.54) is 12.8 Å². The second-order valence-electron chi connectivity index (χ2n) is 5.35. The Bertz CT molecular complexity index is 475. The molecule has 4 heteroatoms. The van der Waals surface area contributed by atoms with Crippen LogP contribution < -0.4 is 5.32 Å². The fraction of sp³-hybridized carbons (Fsp3) is 0.533. The van der Waals surface area contributed by atoms with E-state index in [1.807, 2.05) is 0 Å². The van der Waals surface area contributed by atoms with E-state index in [-0.39, 0.29) is 5.56 Å². The van der Waals surface area contributed by atoms with Crippen LogP contribution in [0.1, 0.15) is 43.5 Å². The molecular weight excluding hydrogens is 262 g/mol. The van der Waals surface area contributed by atoms with Gasteiger partial charge < -0.3 is 10.4 Å². The van der Waals surface area contributed by atoms with Crippen LogP contribution in [0.25, 0.3) is 0 Å². The average molecular weight is 282 g/mol. The van der Waals surface area contributed by atoms with Gasteiger partial charge in [0.1, 0.15) is 0 Å². The zero-order valence-electron chi connectivity index (χ0n) is 11.3. The van der Waals surface area contributed by atoms with Crippen LogP contribution in [0.2, 0.25) is 5.02 Å². The van der Waals surface area contributed by atoms with Crippen molar-refractivity contribution in [1.29, 1.82) is 0 Å². The van der Waals surface area contributed by atoms with E-state index in [0.717, 1.165) is 12.3 Å². The fourth-order valence-electron chi connectivity index (χ4n) is 3.05. The first-order valence-corrected chi connectivity index (χ1v) is 7.20. The lowest BCUT2D eigenvalue weighted by Crippen LogP contribution is -2.25. The molecule has 3 nitrogen and oxygen atoms in total. The monoisotopic (exact) mass is 281 g/mol. The van der Waals surface area contributed by atoms with Crippen LogP contribution in [0.5, 0.6) is 0 Å². The summed E-state index contributed by atoms with van der Waals surface area (Å²) in [6.07, 6.45) is 3.48. The Hall–Kier alpha value is -1.22. The molecule has 1 aromatic carbocycles. The second kappa shape index (κ2) is 5.83. The van der Waals surface area contributed by atoms with Crippen LogP contribution in [0, 0.1) is 11.8 Å². The molecule has 3 atom stereocenters. The van der Waals surface area contributed by atoms with Gasteiger partial charge in [-0.05, 0) is 42.9 Å². The molecule has 19 heavy (non-hydrogen) atoms. The maximum atomic E-state index is 11.2. The predicted molar refractivity (Wildman–Crippen MR) is 78.0 cm³/mol. The van der Waals surface area contributed by atoms with E-state index >= 15 is 0 Å². The van der Waals surface area contributed by atoms with E-state index in [0.29, 0.717) is 22.7 Å². The summed E-state index contributed by atoms with van der Waals surface area (Å²) in [4.78, 5) is 11.2. The molecule has 0 radical (unpaired) electrons. The molecular formula is C15H20ClNO2. The van der Waals surface area contributed by atoms with Gasteiger partial charge in [-0.1, -0.05) is 31.9 Å². The zero-order chi connectivity index (χ0) is 14.0. The van der Waals surface area contributed by atoms with Crippen molar-refractivity contribution in [2.45, 2.75) is 39.2 Å². The Labute approximate surface area is 119 Å². The largest absolute Gasteiger partial charge is 0.478 e. The summed E-state index contributed by atoms with van der Waals surface area (Å²) in [6.45, 7) is 4.45. The molecule has 0 spiro atoms. The molecule has 0 aliphatic heterocycles. The highest BCUT2D eigenvalue weighted by Crippen LogP contribution is 2.36. The average Bonchev–Trinajstić information content (AvgIpc) is 2.70. The molecule has 0 amide bonds. The highest BCUT2D eigenvalue weighted by Gasteiger charge is 2.32. The third-order valence-corrected chi connectivity index (χ3v) is 4.54. The summed E-state index contributed by atoms with van der Waals surface area (Å²) in [5, 5.41) is 13.2. The number of carbonyl (C=O) groups is 1. The van der Waals surface area contributed by atoms with Crippen molar-refractivity contribution in [1.82, 2.24) is 0 Å². The Morgan fingerprint density at radius 1 is 1.47 bits per heavy atom. The van der Waals surface area contributed by atoms with Crippen molar-refractivity contribution in [3.05, 3.63) is 28.8 Å². The van der Waals surface area contributed by atoms with Crippen LogP contribution in [-0.2, 0) is 0 Å². The number of anilines is 1. The minimum Gasteiger partial charge on any atom is -0.478 e. The molecule has 3 unspecified atom stereocenters. The molecule has 0 aromatic heterocycles. The van der Waals surface area contributed by atoms with E-state index in [9.17, 15) is 9.90 Å². The zero-order valence-corrected chi connectivity index (χ0v) is 12.1. The van der Waals surface area contributed by atoms with Gasteiger partial charge in [0, 0.05) is 11.1 Å². The van der Waals surface area contributed by atoms with Gasteiger partial charge in [-0.2, -0.15) is 0 Å². The third-order valence-electron chi connectivity index (χ3n) is 4.30. The van der Waals surface area contributed by atoms with Gasteiger partial charge in [0.15, 0.2) is 0 Å². The Morgan fingerprint density at radius 3 is 2.79 bits per heavy atom. The van der Waals surface area contributed by atoms with Crippen LogP contribution in [0.4, 0.5) is 5.69 Å². The predicted octanol–water partition coefficient (Wildman–Crippen LogP) is 4.27. The van der Waals surface area contributed by atoms with Crippen LogP contribution >= 0.6 is 11.6 Å². The highest BCUT2D eigenvalue weighted by molar-refractivity contribution is 6.31. The SMILES string of the molecule is CCC1CCC(Nc2cc(Cl)ccc2C(=O)O)C1C. The molecule has 1 aliphatic rings. The van der Waals surface area contributed by atoms with E-state index < -0.39 is 5.97 Å². The van der Waals surface area contributed by atoms with E-state index in [2.05, 4.69) is 19.2 Å². The maximum Gasteiger partial charge on any atom is 0.337 e. The van der Waals surface area contributed by atoms with Crippen molar-refractivity contribution in [2.24, 2.45) is 11.8 Å². The van der Waals surface area contributed by atoms with Gasteiger partial charge in [-0.3, -0.25) is 0 Å². The summed E-state index contributed by atoms with van der Waals surface area (Å²) in [7, 11) is 0. The molecule has 1 aliphatic carbocycles. The number of carboxylic acid groups (broad SMARTS) is 1. The van der Waals surface area contributed by atoms with Gasteiger partial charge in [0.2, 0.25) is 0 Å². The summed E-state index contributed by atoms with van der Waals surface area (Å²) in [5.41, 5.74) is 0.921. The Morgan fingerprint density at radius 2 is 2.21 bits per heavy atom. The van der Waals surface area contributed by atoms with Gasteiger partial charge >= 0.3 is 5.97 Å². The van der Waals surface area contributed by atoms with Gasteiger partial charge in [0.05, 0.1) is 11.3 Å². The molecule has 0 heterocycles. The Kier molecular flexibility index (Phi) is 4.35. The van der Waals surface area contributed by atoms with Gasteiger partial charge in [-0.15, -0.1) is 0 Å². The number of benzene rings is 1. The standard InChI is InChI=1S/C15H20ClNO2/c1-3-10-4-7-13(9(10)2)17-14-8-11(16)5-6-12(14)15(18)19/h5-6,8-10,13,17H,3-4,7H2,1-2H3,(H,18,19). The lowest BCUT2D eigenvalue weighted by Gasteiger charge is -2.23. The number of rotatable bonds is 4. The summed E-state index contributed by atoms with van der Waals surface area (Å²) in [5.74, 6) is 0.368. The smallest absolute Gasteiger partial charge is 0.337 e. The van der Waals surface area contributed by atoms with Crippen molar-refractivity contribution >= 4 is 23.3 Å². The lowest BCUT2D eigenvalue weighted by atomic mass is 9.93. The molecule has 1 saturated carbocycles. The molecule has 0 bridgehead atoms. The van der Waals surface area contributed by atoms with Crippen molar-refractivity contribution in [3.8, 4) is 0 Å². The summed E-state index contributed by atoms with van der Waals surface area (Å²) in [6, 6.07) is 5.21. The van der Waals surface area contributed by atoms with E-state index in [1.54, 1.807) is 18.2 Å². The topological polar surface area (TPSA) is 49.3 Å². The van der Waals surface area contributed by atoms with Crippen LogP contribution in [-0.4, -0.2) is 17.1 Å².